The molecule has 1 aromatic heterocycles. The molecular weight excluding hydrogens is 715 g/mol. The largest absolute Gasteiger partial charge is 0.238 e. The number of nitrogens with zero attached hydrogens (tertiary/aromatic N) is 3. The van der Waals surface area contributed by atoms with Crippen LogP contribution >= 0.6 is 0 Å². The van der Waals surface area contributed by atoms with E-state index in [2.05, 4.69) is 205 Å². The van der Waals surface area contributed by atoms with Crippen molar-refractivity contribution in [2.45, 2.75) is 5.41 Å². The van der Waals surface area contributed by atoms with Gasteiger partial charge in [-0.2, -0.15) is 0 Å². The Morgan fingerprint density at radius 1 is 0.373 bits per heavy atom. The maximum absolute atomic E-state index is 8.24. The summed E-state index contributed by atoms with van der Waals surface area (Å²) in [5.74, 6) is 0.689. The molecule has 0 saturated carbocycles. The zero-order chi connectivity index (χ0) is 39.3. The zero-order valence-corrected chi connectivity index (χ0v) is 32.0. The number of fused-ring (bicyclic) bond motifs is 5. The number of hydrogen-bond donors (Lipinski definition) is 0. The topological polar surface area (TPSA) is 30.1 Å². The van der Waals surface area contributed by atoms with E-state index in [1.54, 1.807) is 0 Å². The molecule has 274 valence electrons. The summed E-state index contributed by atoms with van der Waals surface area (Å²) in [5.41, 5.74) is 13.8. The van der Waals surface area contributed by atoms with Crippen LogP contribution in [0.15, 0.2) is 212 Å². The predicted octanol–water partition coefficient (Wildman–Crippen LogP) is 14.4. The van der Waals surface area contributed by atoms with E-state index in [1.165, 1.54) is 32.8 Å². The summed E-state index contributed by atoms with van der Waals surface area (Å²) in [6, 6.07) is 75.0. The highest BCUT2D eigenvalue weighted by Crippen LogP contribution is 2.59. The summed E-state index contributed by atoms with van der Waals surface area (Å²) in [6.07, 6.45) is 0. The van der Waals surface area contributed by atoms with Crippen LogP contribution in [0.3, 0.4) is 0 Å². The van der Waals surface area contributed by atoms with Crippen LogP contribution in [0, 0.1) is 6.57 Å². The quantitative estimate of drug-likeness (QED) is 0.158. The van der Waals surface area contributed by atoms with Crippen LogP contribution in [0.1, 0.15) is 22.3 Å². The van der Waals surface area contributed by atoms with Crippen molar-refractivity contribution in [3.05, 3.63) is 246 Å². The standard InChI is InChI=1S/C56H35N3/c1-57-51-22-12-21-50-54(51)48-35-43(31-32-49(48)56(50,46-17-4-2-5-18-46)47-19-6-3-7-20-47)39-23-27-40(28-24-39)52-36-53(44-29-25-37-13-8-10-15-41(37)33-44)59-55(58-52)45-30-26-38-14-9-11-16-42(38)34-45/h2-36H. The normalized spacial score (nSPS) is 12.5. The van der Waals surface area contributed by atoms with Gasteiger partial charge in [0.2, 0.25) is 0 Å². The minimum absolute atomic E-state index is 0.561. The van der Waals surface area contributed by atoms with Gasteiger partial charge in [0.25, 0.3) is 0 Å². The second kappa shape index (κ2) is 13.9. The van der Waals surface area contributed by atoms with E-state index in [4.69, 9.17) is 16.5 Å². The van der Waals surface area contributed by atoms with Gasteiger partial charge in [0, 0.05) is 16.7 Å². The van der Waals surface area contributed by atoms with E-state index in [-0.39, 0.29) is 0 Å². The third-order valence-corrected chi connectivity index (χ3v) is 12.0. The lowest BCUT2D eigenvalue weighted by Gasteiger charge is -2.34. The average molecular weight is 750 g/mol. The first kappa shape index (κ1) is 34.3. The summed E-state index contributed by atoms with van der Waals surface area (Å²) in [7, 11) is 0. The van der Waals surface area contributed by atoms with Gasteiger partial charge in [-0.3, -0.25) is 0 Å². The molecule has 0 atom stereocenters. The Bertz CT molecular complexity index is 3130. The number of aromatic nitrogens is 2. The van der Waals surface area contributed by atoms with Crippen LogP contribution in [0.25, 0.3) is 82.5 Å². The second-order valence-corrected chi connectivity index (χ2v) is 15.2. The summed E-state index contributed by atoms with van der Waals surface area (Å²) in [4.78, 5) is 14.4. The molecule has 0 N–H and O–H groups in total. The molecule has 59 heavy (non-hydrogen) atoms. The van der Waals surface area contributed by atoms with Crippen molar-refractivity contribution in [3.8, 4) is 56.2 Å². The van der Waals surface area contributed by atoms with Crippen LogP contribution < -0.4 is 0 Å². The van der Waals surface area contributed by atoms with Crippen molar-refractivity contribution in [2.75, 3.05) is 0 Å². The molecule has 0 radical (unpaired) electrons. The minimum atomic E-state index is -0.561. The highest BCUT2D eigenvalue weighted by molar-refractivity contribution is 5.95. The fourth-order valence-electron chi connectivity index (χ4n) is 9.18. The van der Waals surface area contributed by atoms with Crippen LogP contribution in [0.2, 0.25) is 0 Å². The SMILES string of the molecule is [C-]#[N+]c1cccc2c1-c1cc(-c3ccc(-c4cc(-c5ccc6ccccc6c5)nc(-c5ccc6ccccc6c5)n4)cc3)ccc1C2(c1ccccc1)c1ccccc1. The van der Waals surface area contributed by atoms with Crippen molar-refractivity contribution in [1.29, 1.82) is 0 Å². The van der Waals surface area contributed by atoms with Crippen LogP contribution in [-0.4, -0.2) is 9.97 Å². The van der Waals surface area contributed by atoms with Gasteiger partial charge in [0.15, 0.2) is 11.5 Å². The van der Waals surface area contributed by atoms with Gasteiger partial charge in [-0.25, -0.2) is 14.8 Å². The van der Waals surface area contributed by atoms with Crippen LogP contribution in [0.4, 0.5) is 5.69 Å². The average Bonchev–Trinajstić information content (AvgIpc) is 3.62. The molecule has 1 aliphatic carbocycles. The van der Waals surface area contributed by atoms with Crippen molar-refractivity contribution < 1.29 is 0 Å². The first-order chi connectivity index (χ1) is 29.2. The summed E-state index contributed by atoms with van der Waals surface area (Å²) in [6.45, 7) is 8.24. The molecule has 1 heterocycles. The first-order valence-electron chi connectivity index (χ1n) is 19.9. The summed E-state index contributed by atoms with van der Waals surface area (Å²) in [5, 5.41) is 4.71. The molecule has 3 heteroatoms. The van der Waals surface area contributed by atoms with Crippen LogP contribution in [0.5, 0.6) is 0 Å². The lowest BCUT2D eigenvalue weighted by Crippen LogP contribution is -2.28. The van der Waals surface area contributed by atoms with Crippen molar-refractivity contribution in [2.24, 2.45) is 0 Å². The van der Waals surface area contributed by atoms with Gasteiger partial charge in [-0.05, 0) is 90.3 Å². The molecule has 0 amide bonds. The fraction of sp³-hybridized carbons (Fsp3) is 0.0179. The third kappa shape index (κ3) is 5.65. The molecule has 0 saturated heterocycles. The van der Waals surface area contributed by atoms with Crippen molar-refractivity contribution in [1.82, 2.24) is 9.97 Å². The lowest BCUT2D eigenvalue weighted by atomic mass is 9.67. The van der Waals surface area contributed by atoms with Gasteiger partial charge >= 0.3 is 0 Å². The highest BCUT2D eigenvalue weighted by Gasteiger charge is 2.46. The fourth-order valence-corrected chi connectivity index (χ4v) is 9.18. The van der Waals surface area contributed by atoms with Gasteiger partial charge < -0.3 is 0 Å². The number of hydrogen-bond acceptors (Lipinski definition) is 2. The maximum Gasteiger partial charge on any atom is 0.195 e. The Balaban J connectivity index is 1.04. The van der Waals surface area contributed by atoms with Crippen LogP contribution in [-0.2, 0) is 5.41 Å². The van der Waals surface area contributed by atoms with Crippen molar-refractivity contribution in [3.63, 3.8) is 0 Å². The summed E-state index contributed by atoms with van der Waals surface area (Å²) >= 11 is 0. The molecule has 0 spiro atoms. The maximum atomic E-state index is 8.24. The minimum Gasteiger partial charge on any atom is -0.238 e. The Kier molecular flexibility index (Phi) is 8.10. The van der Waals surface area contributed by atoms with Gasteiger partial charge in [0.1, 0.15) is 0 Å². The number of benzene rings is 9. The van der Waals surface area contributed by atoms with E-state index in [9.17, 15) is 0 Å². The lowest BCUT2D eigenvalue weighted by molar-refractivity contribution is 0.769. The Labute approximate surface area is 343 Å². The monoisotopic (exact) mass is 749 g/mol. The van der Waals surface area contributed by atoms with E-state index >= 15 is 0 Å². The molecule has 0 bridgehead atoms. The van der Waals surface area contributed by atoms with Gasteiger partial charge in [-0.15, -0.1) is 0 Å². The highest BCUT2D eigenvalue weighted by atomic mass is 14.9. The number of rotatable bonds is 6. The van der Waals surface area contributed by atoms with E-state index in [0.29, 0.717) is 11.5 Å². The second-order valence-electron chi connectivity index (χ2n) is 15.2. The molecule has 10 aromatic rings. The van der Waals surface area contributed by atoms with E-state index in [1.807, 2.05) is 12.1 Å². The summed E-state index contributed by atoms with van der Waals surface area (Å²) < 4.78 is 0. The van der Waals surface area contributed by atoms with E-state index < -0.39 is 5.41 Å². The Morgan fingerprint density at radius 2 is 0.898 bits per heavy atom. The molecule has 1 aliphatic rings. The Hall–Kier alpha value is -7.93. The molecule has 11 rings (SSSR count). The van der Waals surface area contributed by atoms with Crippen molar-refractivity contribution >= 4 is 27.2 Å². The Morgan fingerprint density at radius 3 is 1.54 bits per heavy atom. The molecule has 0 fully saturated rings. The predicted molar refractivity (Wildman–Crippen MR) is 242 cm³/mol. The zero-order valence-electron chi connectivity index (χ0n) is 32.0. The van der Waals surface area contributed by atoms with Gasteiger partial charge in [-0.1, -0.05) is 188 Å². The molecule has 0 aliphatic heterocycles. The van der Waals surface area contributed by atoms with Gasteiger partial charge in [0.05, 0.1) is 23.4 Å². The molecule has 9 aromatic carbocycles. The third-order valence-electron chi connectivity index (χ3n) is 12.0. The smallest absolute Gasteiger partial charge is 0.195 e. The molecule has 3 nitrogen and oxygen atoms in total. The molecule has 0 unspecified atom stereocenters. The molecular formula is C56H35N3. The van der Waals surface area contributed by atoms with E-state index in [0.717, 1.165) is 61.3 Å². The first-order valence-corrected chi connectivity index (χ1v) is 19.9.